The summed E-state index contributed by atoms with van der Waals surface area (Å²) in [6.07, 6.45) is 10.6. The Morgan fingerprint density at radius 2 is 1.39 bits per heavy atom. The van der Waals surface area contributed by atoms with Crippen LogP contribution in [0.4, 0.5) is 0 Å². The van der Waals surface area contributed by atoms with Crippen LogP contribution in [0.1, 0.15) is 128 Å². The van der Waals surface area contributed by atoms with Gasteiger partial charge in [-0.15, -0.1) is 34.9 Å². The molecule has 2 N–H and O–H groups in total. The van der Waals surface area contributed by atoms with Crippen LogP contribution in [0.25, 0.3) is 22.2 Å². The second-order valence-corrected chi connectivity index (χ2v) is 14.2. The largest absolute Gasteiger partial charge is 0.392 e. The monoisotopic (exact) mass is 777 g/mol. The first kappa shape index (κ1) is 36.9. The Morgan fingerprint density at radius 1 is 0.818 bits per heavy atom. The molecular weight excluding hydrogens is 719 g/mol. The topological polar surface area (TPSA) is 53.4 Å². The van der Waals surface area contributed by atoms with Crippen LogP contribution < -0.4 is 0 Å². The van der Waals surface area contributed by atoms with E-state index in [9.17, 15) is 10.2 Å². The molecule has 2 atom stereocenters. The van der Waals surface area contributed by atoms with Crippen molar-refractivity contribution in [2.75, 3.05) is 0 Å². The van der Waals surface area contributed by atoms with Gasteiger partial charge in [-0.3, -0.25) is 4.98 Å². The van der Waals surface area contributed by atoms with Crippen molar-refractivity contribution in [3.8, 4) is 11.3 Å². The molecule has 1 radical (unpaired) electrons. The Morgan fingerprint density at radius 3 is 1.89 bits per heavy atom. The van der Waals surface area contributed by atoms with Gasteiger partial charge < -0.3 is 10.2 Å². The summed E-state index contributed by atoms with van der Waals surface area (Å²) in [6, 6.07) is 18.5. The van der Waals surface area contributed by atoms with Gasteiger partial charge in [-0.2, -0.15) is 0 Å². The molecule has 0 aliphatic heterocycles. The van der Waals surface area contributed by atoms with Crippen molar-refractivity contribution in [2.45, 2.75) is 138 Å². The maximum absolute atomic E-state index is 11.4. The molecule has 245 valence electrons. The smallest absolute Gasteiger partial charge is 0.0651 e. The van der Waals surface area contributed by atoms with Crippen LogP contribution in [0.15, 0.2) is 42.5 Å². The Bertz CT molecular complexity index is 1290. The van der Waals surface area contributed by atoms with Crippen molar-refractivity contribution in [3.05, 3.63) is 65.2 Å². The van der Waals surface area contributed by atoms with Gasteiger partial charge in [0.15, 0.2) is 0 Å². The maximum atomic E-state index is 11.4. The average molecular weight is 777 g/mol. The molecule has 0 spiro atoms. The standard InChI is InChI=1S/C20H20N.C20H38O2.Ir/c1-13(2)16-5-7-19-17(12-16)6-8-20(21-19)18-10-14(3)9-15(4)11-18;1-5-19(6-2)13-9-11-15-12-10-14-20(7-3,8-4)18(22)16(15)17(19)21;/h5-10,12-13H,1-4H3;15-18,21-22H,5-14H2,1-4H3;/q-1;;. The zero-order valence-electron chi connectivity index (χ0n) is 28.7. The van der Waals surface area contributed by atoms with Gasteiger partial charge in [0.05, 0.1) is 17.7 Å². The predicted octanol–water partition coefficient (Wildman–Crippen LogP) is 10.4. The molecule has 3 nitrogen and oxygen atoms in total. The number of rotatable bonds is 6. The first-order valence-electron chi connectivity index (χ1n) is 17.3. The molecule has 1 heterocycles. The molecule has 1 aromatic heterocycles. The molecule has 0 amide bonds. The average Bonchev–Trinajstić information content (AvgIpc) is 3.23. The number of nitrogens with zero attached hydrogens (tertiary/aromatic N) is 1. The van der Waals surface area contributed by atoms with E-state index >= 15 is 0 Å². The van der Waals surface area contributed by atoms with E-state index in [1.54, 1.807) is 0 Å². The molecule has 2 aliphatic rings. The molecule has 3 aromatic rings. The Labute approximate surface area is 282 Å². The van der Waals surface area contributed by atoms with Crippen LogP contribution in [0.5, 0.6) is 0 Å². The number of fused-ring (bicyclic) bond motifs is 2. The zero-order valence-corrected chi connectivity index (χ0v) is 31.1. The first-order valence-corrected chi connectivity index (χ1v) is 17.3. The van der Waals surface area contributed by atoms with Crippen molar-refractivity contribution in [3.63, 3.8) is 0 Å². The number of aromatic nitrogens is 1. The van der Waals surface area contributed by atoms with Crippen LogP contribution in [-0.4, -0.2) is 27.4 Å². The fraction of sp³-hybridized carbons (Fsp3) is 0.625. The van der Waals surface area contributed by atoms with Crippen LogP contribution >= 0.6 is 0 Å². The van der Waals surface area contributed by atoms with Gasteiger partial charge in [-0.05, 0) is 103 Å². The summed E-state index contributed by atoms with van der Waals surface area (Å²) in [6.45, 7) is 17.5. The quantitative estimate of drug-likeness (QED) is 0.245. The molecule has 0 saturated heterocycles. The summed E-state index contributed by atoms with van der Waals surface area (Å²) in [5.41, 5.74) is 6.92. The molecular formula is C40H58IrNO2-. The van der Waals surface area contributed by atoms with Crippen molar-refractivity contribution in [1.29, 1.82) is 0 Å². The number of hydrogen-bond donors (Lipinski definition) is 2. The van der Waals surface area contributed by atoms with Crippen LogP contribution in [0.3, 0.4) is 0 Å². The summed E-state index contributed by atoms with van der Waals surface area (Å²) in [4.78, 5) is 4.80. The van der Waals surface area contributed by atoms with Crippen molar-refractivity contribution >= 4 is 10.9 Å². The zero-order chi connectivity index (χ0) is 31.4. The molecule has 0 bridgehead atoms. The third kappa shape index (κ3) is 7.68. The summed E-state index contributed by atoms with van der Waals surface area (Å²) in [5, 5.41) is 23.9. The number of pyridine rings is 1. The summed E-state index contributed by atoms with van der Waals surface area (Å²) in [5.74, 6) is 1.15. The summed E-state index contributed by atoms with van der Waals surface area (Å²) >= 11 is 0. The number of aliphatic hydroxyl groups is 2. The Kier molecular flexibility index (Phi) is 13.3. The fourth-order valence-electron chi connectivity index (χ4n) is 8.49. The third-order valence-corrected chi connectivity index (χ3v) is 11.6. The van der Waals surface area contributed by atoms with Gasteiger partial charge in [0.25, 0.3) is 0 Å². The number of benzene rings is 2. The minimum atomic E-state index is -0.333. The van der Waals surface area contributed by atoms with E-state index in [2.05, 4.69) is 104 Å². The Hall–Kier alpha value is -1.58. The van der Waals surface area contributed by atoms with Gasteiger partial charge in [0.2, 0.25) is 0 Å². The minimum absolute atomic E-state index is 0. The SMILES string of the molecule is CCC1(CC)CCCC2CCCC(CC)(CC)C(O)C2C1O.Cc1[c-]c(-c2ccc3cc(C(C)C)ccc3n2)cc(C)c1.[Ir]. The van der Waals surface area contributed by atoms with Crippen molar-refractivity contribution < 1.29 is 30.3 Å². The predicted molar refractivity (Wildman–Crippen MR) is 182 cm³/mol. The van der Waals surface area contributed by atoms with Gasteiger partial charge in [0.1, 0.15) is 0 Å². The number of aryl methyl sites for hydroxylation is 2. The molecule has 5 rings (SSSR count). The van der Waals surface area contributed by atoms with E-state index in [1.807, 2.05) is 0 Å². The number of aliphatic hydroxyl groups excluding tert-OH is 2. The molecule has 2 aliphatic carbocycles. The van der Waals surface area contributed by atoms with Crippen LogP contribution in [0.2, 0.25) is 0 Å². The van der Waals surface area contributed by atoms with E-state index in [4.69, 9.17) is 4.98 Å². The molecule has 4 heteroatoms. The van der Waals surface area contributed by atoms with Crippen molar-refractivity contribution in [2.24, 2.45) is 22.7 Å². The van der Waals surface area contributed by atoms with Gasteiger partial charge in [-0.25, -0.2) is 0 Å². The normalized spacial score (nSPS) is 24.3. The molecule has 2 fully saturated rings. The van der Waals surface area contributed by atoms with Crippen LogP contribution in [0, 0.1) is 42.6 Å². The molecule has 2 aromatic carbocycles. The molecule has 44 heavy (non-hydrogen) atoms. The van der Waals surface area contributed by atoms with Gasteiger partial charge in [0, 0.05) is 26.0 Å². The third-order valence-electron chi connectivity index (χ3n) is 11.6. The second-order valence-electron chi connectivity index (χ2n) is 14.2. The summed E-state index contributed by atoms with van der Waals surface area (Å²) in [7, 11) is 0. The van der Waals surface area contributed by atoms with E-state index in [1.165, 1.54) is 42.2 Å². The molecule has 2 saturated carbocycles. The van der Waals surface area contributed by atoms with Gasteiger partial charge >= 0.3 is 0 Å². The van der Waals surface area contributed by atoms with E-state index in [-0.39, 0.29) is 49.1 Å². The van der Waals surface area contributed by atoms with Crippen LogP contribution in [-0.2, 0) is 20.1 Å². The summed E-state index contributed by atoms with van der Waals surface area (Å²) < 4.78 is 0. The van der Waals surface area contributed by atoms with E-state index < -0.39 is 0 Å². The maximum Gasteiger partial charge on any atom is 0.0651 e. The van der Waals surface area contributed by atoms with E-state index in [0.29, 0.717) is 11.8 Å². The second kappa shape index (κ2) is 15.8. The number of hydrogen-bond acceptors (Lipinski definition) is 3. The minimum Gasteiger partial charge on any atom is -0.392 e. The Balaban J connectivity index is 0.000000235. The fourth-order valence-corrected chi connectivity index (χ4v) is 8.49. The molecule has 2 unspecified atom stereocenters. The van der Waals surface area contributed by atoms with E-state index in [0.717, 1.165) is 60.9 Å². The van der Waals surface area contributed by atoms with Gasteiger partial charge in [-0.1, -0.05) is 86.4 Å². The first-order chi connectivity index (χ1) is 20.5. The van der Waals surface area contributed by atoms with Crippen molar-refractivity contribution in [1.82, 2.24) is 4.98 Å².